The number of rotatable bonds is 7. The van der Waals surface area contributed by atoms with Crippen molar-refractivity contribution in [1.82, 2.24) is 5.32 Å². The predicted octanol–water partition coefficient (Wildman–Crippen LogP) is 0.828. The summed E-state index contributed by atoms with van der Waals surface area (Å²) in [4.78, 5) is 23.4. The fourth-order valence-electron chi connectivity index (χ4n) is 3.05. The molecule has 0 aromatic heterocycles. The Balaban J connectivity index is 1.86. The van der Waals surface area contributed by atoms with Crippen LogP contribution in [0.2, 0.25) is 0 Å². The number of hydrogen-bond donors (Lipinski definition) is 2. The second-order valence-corrected chi connectivity index (χ2v) is 4.99. The van der Waals surface area contributed by atoms with Crippen molar-refractivity contribution in [2.45, 2.75) is 6.42 Å². The van der Waals surface area contributed by atoms with Gasteiger partial charge in [-0.15, -0.1) is 6.58 Å². The summed E-state index contributed by atoms with van der Waals surface area (Å²) in [6, 6.07) is 0. The van der Waals surface area contributed by atoms with Gasteiger partial charge in [0.05, 0.1) is 25.0 Å². The van der Waals surface area contributed by atoms with Crippen molar-refractivity contribution in [3.63, 3.8) is 0 Å². The molecule has 0 aliphatic heterocycles. The number of carboxylic acid groups (broad SMARTS) is 1. The molecule has 2 N–H and O–H groups in total. The molecule has 2 aliphatic rings. The first-order valence-electron chi connectivity index (χ1n) is 6.52. The van der Waals surface area contributed by atoms with E-state index in [9.17, 15) is 14.7 Å². The topological polar surface area (TPSA) is 75.6 Å². The molecule has 5 heteroatoms. The van der Waals surface area contributed by atoms with E-state index in [0.717, 1.165) is 6.42 Å². The first kappa shape index (κ1) is 13.8. The number of carbonyl (C=O) groups is 2. The van der Waals surface area contributed by atoms with E-state index < -0.39 is 17.8 Å². The van der Waals surface area contributed by atoms with Gasteiger partial charge in [0, 0.05) is 6.54 Å². The largest absolute Gasteiger partial charge is 0.481 e. The van der Waals surface area contributed by atoms with Gasteiger partial charge in [0.1, 0.15) is 0 Å². The maximum atomic E-state index is 12.1. The minimum atomic E-state index is -0.875. The van der Waals surface area contributed by atoms with E-state index in [1.165, 1.54) is 0 Å². The van der Waals surface area contributed by atoms with Gasteiger partial charge >= 0.3 is 5.97 Å². The number of aliphatic carboxylic acids is 1. The highest BCUT2D eigenvalue weighted by Gasteiger charge is 2.51. The number of hydrogen-bond acceptors (Lipinski definition) is 3. The molecule has 2 rings (SSSR count). The Morgan fingerprint density at radius 1 is 1.37 bits per heavy atom. The van der Waals surface area contributed by atoms with Crippen LogP contribution in [-0.4, -0.2) is 36.7 Å². The lowest BCUT2D eigenvalue weighted by molar-refractivity contribution is -0.147. The third-order valence-electron chi connectivity index (χ3n) is 3.83. The number of fused-ring (bicyclic) bond motifs is 2. The Hall–Kier alpha value is -1.62. The van der Waals surface area contributed by atoms with E-state index in [2.05, 4.69) is 11.9 Å². The van der Waals surface area contributed by atoms with Gasteiger partial charge in [-0.05, 0) is 18.3 Å². The summed E-state index contributed by atoms with van der Waals surface area (Å²) in [5.41, 5.74) is 0. The maximum absolute atomic E-state index is 12.1. The van der Waals surface area contributed by atoms with Crippen molar-refractivity contribution >= 4 is 11.9 Å². The number of carbonyl (C=O) groups excluding carboxylic acids is 1. The quantitative estimate of drug-likeness (QED) is 0.528. The summed E-state index contributed by atoms with van der Waals surface area (Å²) in [7, 11) is 0. The molecule has 0 heterocycles. The lowest BCUT2D eigenvalue weighted by Gasteiger charge is -2.23. The second-order valence-electron chi connectivity index (χ2n) is 4.99. The minimum absolute atomic E-state index is 0.00951. The van der Waals surface area contributed by atoms with Crippen LogP contribution >= 0.6 is 0 Å². The summed E-state index contributed by atoms with van der Waals surface area (Å²) in [6.45, 7) is 4.78. The van der Waals surface area contributed by atoms with Crippen LogP contribution < -0.4 is 5.32 Å². The van der Waals surface area contributed by atoms with E-state index in [-0.39, 0.29) is 17.7 Å². The van der Waals surface area contributed by atoms with Crippen molar-refractivity contribution in [2.24, 2.45) is 23.7 Å². The van der Waals surface area contributed by atoms with Gasteiger partial charge in [-0.25, -0.2) is 0 Å². The van der Waals surface area contributed by atoms with E-state index in [1.807, 2.05) is 12.2 Å². The van der Waals surface area contributed by atoms with Gasteiger partial charge in [-0.1, -0.05) is 18.2 Å². The lowest BCUT2D eigenvalue weighted by Crippen LogP contribution is -2.41. The average Bonchev–Trinajstić information content (AvgIpc) is 2.98. The van der Waals surface area contributed by atoms with Gasteiger partial charge in [-0.2, -0.15) is 0 Å². The van der Waals surface area contributed by atoms with E-state index in [0.29, 0.717) is 19.8 Å². The lowest BCUT2D eigenvalue weighted by atomic mass is 9.82. The van der Waals surface area contributed by atoms with Crippen LogP contribution in [0.1, 0.15) is 6.42 Å². The fraction of sp³-hybridized carbons (Fsp3) is 0.571. The fourth-order valence-corrected chi connectivity index (χ4v) is 3.05. The zero-order valence-electron chi connectivity index (χ0n) is 10.7. The third-order valence-corrected chi connectivity index (χ3v) is 3.83. The molecule has 0 unspecified atom stereocenters. The molecule has 104 valence electrons. The summed E-state index contributed by atoms with van der Waals surface area (Å²) < 4.78 is 5.17. The first-order chi connectivity index (χ1) is 9.15. The van der Waals surface area contributed by atoms with E-state index in [1.54, 1.807) is 6.08 Å². The molecule has 0 saturated heterocycles. The summed E-state index contributed by atoms with van der Waals surface area (Å²) >= 11 is 0. The van der Waals surface area contributed by atoms with Gasteiger partial charge < -0.3 is 15.2 Å². The minimum Gasteiger partial charge on any atom is -0.481 e. The standard InChI is InChI=1S/C14H19NO4/c1-2-6-19-7-5-15-13(16)11-9-3-4-10(8-9)12(11)14(17)18/h2-4,9-12H,1,5-8H2,(H,15,16)(H,17,18)/t9-,10-,11-,12-/m0/s1. The summed E-state index contributed by atoms with van der Waals surface area (Å²) in [5.74, 6) is -1.99. The highest BCUT2D eigenvalue weighted by Crippen LogP contribution is 2.48. The van der Waals surface area contributed by atoms with Crippen molar-refractivity contribution < 1.29 is 19.4 Å². The van der Waals surface area contributed by atoms with Crippen LogP contribution in [0.3, 0.4) is 0 Å². The van der Waals surface area contributed by atoms with Crippen LogP contribution in [0, 0.1) is 23.7 Å². The number of allylic oxidation sites excluding steroid dienone is 2. The van der Waals surface area contributed by atoms with Gasteiger partial charge in [0.15, 0.2) is 0 Å². The van der Waals surface area contributed by atoms with Crippen molar-refractivity contribution in [2.75, 3.05) is 19.8 Å². The Kier molecular flexibility index (Phi) is 4.37. The van der Waals surface area contributed by atoms with Gasteiger partial charge in [-0.3, -0.25) is 9.59 Å². The smallest absolute Gasteiger partial charge is 0.307 e. The van der Waals surface area contributed by atoms with E-state index in [4.69, 9.17) is 4.74 Å². The number of nitrogens with one attached hydrogen (secondary N) is 1. The molecule has 2 bridgehead atoms. The summed E-state index contributed by atoms with van der Waals surface area (Å²) in [6.07, 6.45) is 6.33. The molecule has 1 fully saturated rings. The predicted molar refractivity (Wildman–Crippen MR) is 69.4 cm³/mol. The molecule has 1 amide bonds. The average molecular weight is 265 g/mol. The number of ether oxygens (including phenoxy) is 1. The molecule has 5 nitrogen and oxygen atoms in total. The Morgan fingerprint density at radius 2 is 2.05 bits per heavy atom. The molecule has 19 heavy (non-hydrogen) atoms. The van der Waals surface area contributed by atoms with Crippen LogP contribution in [0.25, 0.3) is 0 Å². The van der Waals surface area contributed by atoms with Gasteiger partial charge in [0.2, 0.25) is 5.91 Å². The zero-order chi connectivity index (χ0) is 13.8. The van der Waals surface area contributed by atoms with Crippen molar-refractivity contribution in [3.05, 3.63) is 24.8 Å². The first-order valence-corrected chi connectivity index (χ1v) is 6.52. The Labute approximate surface area is 112 Å². The molecule has 0 aromatic rings. The maximum Gasteiger partial charge on any atom is 0.307 e. The molecule has 0 aromatic carbocycles. The number of amides is 1. The molecular weight excluding hydrogens is 246 g/mol. The molecule has 0 radical (unpaired) electrons. The molecule has 2 aliphatic carbocycles. The van der Waals surface area contributed by atoms with E-state index >= 15 is 0 Å². The van der Waals surface area contributed by atoms with Crippen LogP contribution in [0.15, 0.2) is 24.8 Å². The van der Waals surface area contributed by atoms with Crippen molar-refractivity contribution in [1.29, 1.82) is 0 Å². The molecular formula is C14H19NO4. The molecule has 4 atom stereocenters. The summed E-state index contributed by atoms with van der Waals surface area (Å²) in [5, 5.41) is 12.0. The zero-order valence-corrected chi connectivity index (χ0v) is 10.7. The second kappa shape index (κ2) is 6.02. The normalized spacial score (nSPS) is 31.4. The highest BCUT2D eigenvalue weighted by molar-refractivity contribution is 5.86. The van der Waals surface area contributed by atoms with Gasteiger partial charge in [0.25, 0.3) is 0 Å². The third kappa shape index (κ3) is 2.87. The van der Waals surface area contributed by atoms with Crippen LogP contribution in [0.5, 0.6) is 0 Å². The molecule has 1 saturated carbocycles. The highest BCUT2D eigenvalue weighted by atomic mass is 16.5. The molecule has 0 spiro atoms. The van der Waals surface area contributed by atoms with Crippen molar-refractivity contribution in [3.8, 4) is 0 Å². The Bertz CT molecular complexity index is 404. The SMILES string of the molecule is C=CCOCCNC(=O)[C@@H]1[C@@H](C(=O)O)[C@H]2C=C[C@H]1C2. The van der Waals surface area contributed by atoms with Crippen LogP contribution in [0.4, 0.5) is 0 Å². The monoisotopic (exact) mass is 265 g/mol. The Morgan fingerprint density at radius 3 is 2.68 bits per heavy atom. The number of carboxylic acids is 1. The van der Waals surface area contributed by atoms with Crippen LogP contribution in [-0.2, 0) is 14.3 Å².